The first-order valence-corrected chi connectivity index (χ1v) is 6.50. The molecule has 0 bridgehead atoms. The molecule has 0 spiro atoms. The van der Waals surface area contributed by atoms with Gasteiger partial charge in [0.05, 0.1) is 0 Å². The molecule has 1 heteroatoms. The van der Waals surface area contributed by atoms with Crippen LogP contribution in [0.2, 0.25) is 0 Å². The van der Waals surface area contributed by atoms with Gasteiger partial charge in [-0.2, -0.15) is 0 Å². The second-order valence-corrected chi connectivity index (χ2v) is 5.46. The topological polar surface area (TPSA) is 12.0 Å². The molecule has 1 rings (SSSR count). The van der Waals surface area contributed by atoms with Crippen molar-refractivity contribution in [2.75, 3.05) is 13.1 Å². The van der Waals surface area contributed by atoms with Crippen LogP contribution in [0.3, 0.4) is 0 Å². The Hall–Kier alpha value is -0.300. The highest BCUT2D eigenvalue weighted by molar-refractivity contribution is 4.98. The average molecular weight is 209 g/mol. The van der Waals surface area contributed by atoms with Crippen molar-refractivity contribution in [1.29, 1.82) is 0 Å². The first-order chi connectivity index (χ1) is 7.13. The maximum Gasteiger partial charge on any atom is -0.00176 e. The van der Waals surface area contributed by atoms with Crippen LogP contribution in [0.25, 0.3) is 0 Å². The monoisotopic (exact) mass is 209 g/mol. The Morgan fingerprint density at radius 1 is 1.33 bits per heavy atom. The maximum atomic E-state index is 4.12. The van der Waals surface area contributed by atoms with Crippen molar-refractivity contribution in [2.45, 2.75) is 46.5 Å². The predicted octanol–water partition coefficient (Wildman–Crippen LogP) is 3.61. The minimum Gasteiger partial charge on any atom is -0.316 e. The van der Waals surface area contributed by atoms with Gasteiger partial charge < -0.3 is 5.32 Å². The van der Waals surface area contributed by atoms with E-state index in [0.717, 1.165) is 30.7 Å². The lowest BCUT2D eigenvalue weighted by Crippen LogP contribution is -2.36. The predicted molar refractivity (Wildman–Crippen MR) is 68.0 cm³/mol. The summed E-state index contributed by atoms with van der Waals surface area (Å²) < 4.78 is 0. The van der Waals surface area contributed by atoms with Gasteiger partial charge in [-0.25, -0.2) is 0 Å². The van der Waals surface area contributed by atoms with Crippen molar-refractivity contribution < 1.29 is 0 Å². The van der Waals surface area contributed by atoms with E-state index in [0.29, 0.717) is 0 Å². The Labute approximate surface area is 95.3 Å². The minimum absolute atomic E-state index is 0.772. The molecule has 0 radical (unpaired) electrons. The van der Waals surface area contributed by atoms with Gasteiger partial charge in [-0.05, 0) is 56.5 Å². The normalized spacial score (nSPS) is 25.3. The first kappa shape index (κ1) is 12.8. The summed E-state index contributed by atoms with van der Waals surface area (Å²) in [7, 11) is 0. The lowest BCUT2D eigenvalue weighted by molar-refractivity contribution is 0.169. The first-order valence-electron chi connectivity index (χ1n) is 6.50. The zero-order valence-corrected chi connectivity index (χ0v) is 10.7. The van der Waals surface area contributed by atoms with Crippen LogP contribution >= 0.6 is 0 Å². The third-order valence-electron chi connectivity index (χ3n) is 3.58. The lowest BCUT2D eigenvalue weighted by Gasteiger charge is -2.37. The Bertz CT molecular complexity index is 196. The Balaban J connectivity index is 2.12. The quantitative estimate of drug-likeness (QED) is 0.632. The van der Waals surface area contributed by atoms with Crippen molar-refractivity contribution in [1.82, 2.24) is 5.32 Å². The van der Waals surface area contributed by atoms with Gasteiger partial charge in [-0.1, -0.05) is 32.9 Å². The molecule has 1 aliphatic rings. The van der Waals surface area contributed by atoms with Gasteiger partial charge in [-0.15, -0.1) is 0 Å². The molecule has 0 aliphatic heterocycles. The van der Waals surface area contributed by atoms with E-state index in [-0.39, 0.29) is 0 Å². The standard InChI is InChI=1S/C14H27N/c1-5-12(4)8-13-6-7-14(13)10-15-9-11(2)3/h11,13-15H,4-10H2,1-3H3. The lowest BCUT2D eigenvalue weighted by atomic mass is 9.70. The Morgan fingerprint density at radius 2 is 2.00 bits per heavy atom. The summed E-state index contributed by atoms with van der Waals surface area (Å²) in [4.78, 5) is 0. The van der Waals surface area contributed by atoms with Crippen LogP contribution in [-0.4, -0.2) is 13.1 Å². The molecule has 1 fully saturated rings. The molecule has 1 N–H and O–H groups in total. The van der Waals surface area contributed by atoms with E-state index in [1.165, 1.54) is 31.4 Å². The van der Waals surface area contributed by atoms with Crippen molar-refractivity contribution in [2.24, 2.45) is 17.8 Å². The molecule has 0 aromatic carbocycles. The van der Waals surface area contributed by atoms with Crippen molar-refractivity contribution in [3.63, 3.8) is 0 Å². The molecule has 0 saturated heterocycles. The van der Waals surface area contributed by atoms with Crippen LogP contribution in [0.1, 0.15) is 46.5 Å². The second kappa shape index (κ2) is 6.32. The summed E-state index contributed by atoms with van der Waals surface area (Å²) in [5.41, 5.74) is 1.44. The number of rotatable bonds is 7. The zero-order chi connectivity index (χ0) is 11.3. The zero-order valence-electron chi connectivity index (χ0n) is 10.7. The molecule has 0 heterocycles. The van der Waals surface area contributed by atoms with E-state index >= 15 is 0 Å². The molecule has 1 aliphatic carbocycles. The molecule has 2 unspecified atom stereocenters. The Kier molecular flexibility index (Phi) is 5.38. The molecular formula is C14H27N. The van der Waals surface area contributed by atoms with Gasteiger partial charge in [0.1, 0.15) is 0 Å². The highest BCUT2D eigenvalue weighted by Crippen LogP contribution is 2.38. The van der Waals surface area contributed by atoms with Crippen LogP contribution in [0, 0.1) is 17.8 Å². The van der Waals surface area contributed by atoms with Crippen molar-refractivity contribution >= 4 is 0 Å². The van der Waals surface area contributed by atoms with Crippen LogP contribution in [0.15, 0.2) is 12.2 Å². The molecule has 1 saturated carbocycles. The van der Waals surface area contributed by atoms with Gasteiger partial charge in [0.25, 0.3) is 0 Å². The molecule has 0 amide bonds. The van der Waals surface area contributed by atoms with Crippen LogP contribution < -0.4 is 5.32 Å². The van der Waals surface area contributed by atoms with Crippen LogP contribution in [0.4, 0.5) is 0 Å². The van der Waals surface area contributed by atoms with Gasteiger partial charge in [-0.3, -0.25) is 0 Å². The second-order valence-electron chi connectivity index (χ2n) is 5.46. The van der Waals surface area contributed by atoms with E-state index in [1.54, 1.807) is 0 Å². The van der Waals surface area contributed by atoms with E-state index in [2.05, 4.69) is 32.7 Å². The molecular weight excluding hydrogens is 182 g/mol. The number of allylic oxidation sites excluding steroid dienone is 1. The number of nitrogens with one attached hydrogen (secondary N) is 1. The summed E-state index contributed by atoms with van der Waals surface area (Å²) in [6, 6.07) is 0. The molecule has 0 aromatic heterocycles. The molecule has 1 nitrogen and oxygen atoms in total. The highest BCUT2D eigenvalue weighted by atomic mass is 14.9. The van der Waals surface area contributed by atoms with Gasteiger partial charge in [0, 0.05) is 0 Å². The number of hydrogen-bond donors (Lipinski definition) is 1. The third-order valence-corrected chi connectivity index (χ3v) is 3.58. The maximum absolute atomic E-state index is 4.12. The summed E-state index contributed by atoms with van der Waals surface area (Å²) >= 11 is 0. The molecule has 2 atom stereocenters. The van der Waals surface area contributed by atoms with Crippen LogP contribution in [-0.2, 0) is 0 Å². The van der Waals surface area contributed by atoms with E-state index < -0.39 is 0 Å². The number of hydrogen-bond acceptors (Lipinski definition) is 1. The smallest absolute Gasteiger partial charge is 0.00176 e. The molecule has 88 valence electrons. The molecule has 15 heavy (non-hydrogen) atoms. The van der Waals surface area contributed by atoms with Crippen molar-refractivity contribution in [3.8, 4) is 0 Å². The highest BCUT2D eigenvalue weighted by Gasteiger charge is 2.30. The third kappa shape index (κ3) is 4.38. The van der Waals surface area contributed by atoms with Gasteiger partial charge in [0.15, 0.2) is 0 Å². The summed E-state index contributed by atoms with van der Waals surface area (Å²) in [6.45, 7) is 13.3. The fourth-order valence-electron chi connectivity index (χ4n) is 2.25. The molecule has 0 aromatic rings. The average Bonchev–Trinajstić information content (AvgIpc) is 2.18. The van der Waals surface area contributed by atoms with E-state index in [4.69, 9.17) is 0 Å². The SMILES string of the molecule is C=C(CC)CC1CCC1CNCC(C)C. The van der Waals surface area contributed by atoms with Crippen LogP contribution in [0.5, 0.6) is 0 Å². The summed E-state index contributed by atoms with van der Waals surface area (Å²) in [5.74, 6) is 2.62. The minimum atomic E-state index is 0.772. The summed E-state index contributed by atoms with van der Waals surface area (Å²) in [5, 5.41) is 3.58. The van der Waals surface area contributed by atoms with Crippen molar-refractivity contribution in [3.05, 3.63) is 12.2 Å². The largest absolute Gasteiger partial charge is 0.316 e. The summed E-state index contributed by atoms with van der Waals surface area (Å²) in [6.07, 6.45) is 5.27. The van der Waals surface area contributed by atoms with Gasteiger partial charge >= 0.3 is 0 Å². The fourth-order valence-corrected chi connectivity index (χ4v) is 2.25. The Morgan fingerprint density at radius 3 is 2.47 bits per heavy atom. The van der Waals surface area contributed by atoms with Gasteiger partial charge in [0.2, 0.25) is 0 Å². The van der Waals surface area contributed by atoms with E-state index in [1.807, 2.05) is 0 Å². The fraction of sp³-hybridized carbons (Fsp3) is 0.857. The van der Waals surface area contributed by atoms with E-state index in [9.17, 15) is 0 Å².